The Balaban J connectivity index is 1.51. The number of aromatic amines is 1. The van der Waals surface area contributed by atoms with Crippen LogP contribution in [0.5, 0.6) is 0 Å². The molecule has 0 bridgehead atoms. The minimum atomic E-state index is -0.205. The second-order valence-corrected chi connectivity index (χ2v) is 7.32. The molecule has 0 aliphatic carbocycles. The number of rotatable bonds is 3. The number of pyridine rings is 1. The van der Waals surface area contributed by atoms with Gasteiger partial charge in [0.25, 0.3) is 5.91 Å². The zero-order chi connectivity index (χ0) is 19.8. The third-order valence-corrected chi connectivity index (χ3v) is 5.56. The van der Waals surface area contributed by atoms with Crippen molar-refractivity contribution in [3.8, 4) is 11.3 Å². The molecule has 6 heteroatoms. The fourth-order valence-electron chi connectivity index (χ4n) is 4.07. The summed E-state index contributed by atoms with van der Waals surface area (Å²) in [7, 11) is 0. The highest BCUT2D eigenvalue weighted by molar-refractivity contribution is 6.07. The molecule has 5 nitrogen and oxygen atoms in total. The van der Waals surface area contributed by atoms with Crippen molar-refractivity contribution < 1.29 is 9.18 Å². The molecule has 2 aromatic heterocycles. The lowest BCUT2D eigenvalue weighted by molar-refractivity contribution is 0.0792. The zero-order valence-corrected chi connectivity index (χ0v) is 15.7. The lowest BCUT2D eigenvalue weighted by Gasteiger charge is -2.18. The predicted molar refractivity (Wildman–Crippen MR) is 109 cm³/mol. The first-order chi connectivity index (χ1) is 14.2. The average molecular weight is 386 g/mol. The van der Waals surface area contributed by atoms with Gasteiger partial charge in [0.05, 0.1) is 23.0 Å². The maximum Gasteiger partial charge on any atom is 0.254 e. The highest BCUT2D eigenvalue weighted by Gasteiger charge is 2.30. The molecule has 0 spiro atoms. The maximum atomic E-state index is 14.2. The van der Waals surface area contributed by atoms with Crippen molar-refractivity contribution in [2.75, 3.05) is 13.1 Å². The fourth-order valence-corrected chi connectivity index (χ4v) is 4.07. The number of amides is 1. The monoisotopic (exact) mass is 386 g/mol. The van der Waals surface area contributed by atoms with E-state index in [0.717, 1.165) is 22.9 Å². The Morgan fingerprint density at radius 1 is 1.14 bits per heavy atom. The van der Waals surface area contributed by atoms with Crippen LogP contribution >= 0.6 is 0 Å². The van der Waals surface area contributed by atoms with Gasteiger partial charge in [-0.05, 0) is 30.2 Å². The van der Waals surface area contributed by atoms with Crippen LogP contribution in [0.3, 0.4) is 0 Å². The number of likely N-dealkylation sites (tertiary alicyclic amines) is 1. The highest BCUT2D eigenvalue weighted by atomic mass is 19.1. The molecule has 1 amide bonds. The number of nitrogens with one attached hydrogen (secondary N) is 1. The Hall–Kier alpha value is -3.54. The van der Waals surface area contributed by atoms with E-state index in [0.29, 0.717) is 29.9 Å². The molecule has 1 N–H and O–H groups in total. The lowest BCUT2D eigenvalue weighted by Crippen LogP contribution is -2.28. The molecule has 0 radical (unpaired) electrons. The second kappa shape index (κ2) is 7.13. The molecule has 4 aromatic rings. The van der Waals surface area contributed by atoms with Crippen LogP contribution in [0.4, 0.5) is 4.39 Å². The van der Waals surface area contributed by atoms with Gasteiger partial charge in [0.1, 0.15) is 5.82 Å². The van der Waals surface area contributed by atoms with Gasteiger partial charge in [0, 0.05) is 36.2 Å². The molecule has 1 aliphatic heterocycles. The summed E-state index contributed by atoms with van der Waals surface area (Å²) in [5.74, 6) is -0.239. The molecule has 5 rings (SSSR count). The normalized spacial score (nSPS) is 16.4. The van der Waals surface area contributed by atoms with Crippen molar-refractivity contribution in [1.29, 1.82) is 0 Å². The van der Waals surface area contributed by atoms with Crippen molar-refractivity contribution in [3.63, 3.8) is 0 Å². The van der Waals surface area contributed by atoms with Crippen molar-refractivity contribution in [3.05, 3.63) is 83.9 Å². The van der Waals surface area contributed by atoms with E-state index in [1.807, 2.05) is 47.4 Å². The van der Waals surface area contributed by atoms with Gasteiger partial charge in [0.15, 0.2) is 0 Å². The van der Waals surface area contributed by atoms with Crippen LogP contribution in [0, 0.1) is 5.82 Å². The molecule has 1 fully saturated rings. The predicted octanol–water partition coefficient (Wildman–Crippen LogP) is 4.39. The summed E-state index contributed by atoms with van der Waals surface area (Å²) in [6, 6.07) is 16.3. The van der Waals surface area contributed by atoms with Gasteiger partial charge in [-0.25, -0.2) is 9.37 Å². The topological polar surface area (TPSA) is 61.9 Å². The molecule has 1 saturated heterocycles. The molecule has 29 heavy (non-hydrogen) atoms. The van der Waals surface area contributed by atoms with Gasteiger partial charge < -0.3 is 4.90 Å². The number of H-pyrrole nitrogens is 1. The Morgan fingerprint density at radius 2 is 1.97 bits per heavy atom. The quantitative estimate of drug-likeness (QED) is 0.568. The van der Waals surface area contributed by atoms with Gasteiger partial charge in [0.2, 0.25) is 0 Å². The van der Waals surface area contributed by atoms with E-state index < -0.39 is 0 Å². The summed E-state index contributed by atoms with van der Waals surface area (Å²) >= 11 is 0. The van der Waals surface area contributed by atoms with Crippen molar-refractivity contribution in [2.45, 2.75) is 12.3 Å². The summed E-state index contributed by atoms with van der Waals surface area (Å²) in [6.45, 7) is 1.12. The highest BCUT2D eigenvalue weighted by Crippen LogP contribution is 2.31. The van der Waals surface area contributed by atoms with E-state index in [2.05, 4.69) is 15.2 Å². The van der Waals surface area contributed by atoms with E-state index >= 15 is 0 Å². The standard InChI is InChI=1S/C23H19FN4O/c24-20-7-3-1-5-17(20)15-9-10-28(14-15)23(29)19-11-22(16-12-25-26-13-16)27-21-8-4-2-6-18(19)21/h1-8,11-13,15H,9-10,14H2,(H,25,26)/t15-/m1/s1. The fraction of sp³-hybridized carbons (Fsp3) is 0.174. The number of aromatic nitrogens is 3. The molecule has 144 valence electrons. The van der Waals surface area contributed by atoms with Gasteiger partial charge in [-0.1, -0.05) is 36.4 Å². The average Bonchev–Trinajstić information content (AvgIpc) is 3.45. The third-order valence-electron chi connectivity index (χ3n) is 5.56. The van der Waals surface area contributed by atoms with Crippen LogP contribution in [0.2, 0.25) is 0 Å². The van der Waals surface area contributed by atoms with E-state index in [1.165, 1.54) is 6.07 Å². The molecule has 0 unspecified atom stereocenters. The van der Waals surface area contributed by atoms with Gasteiger partial charge in [-0.15, -0.1) is 0 Å². The Bertz CT molecular complexity index is 1190. The van der Waals surface area contributed by atoms with Crippen molar-refractivity contribution in [2.24, 2.45) is 0 Å². The summed E-state index contributed by atoms with van der Waals surface area (Å²) in [5, 5.41) is 7.59. The number of nitrogens with zero attached hydrogens (tertiary/aromatic N) is 3. The number of hydrogen-bond acceptors (Lipinski definition) is 3. The molecule has 2 aromatic carbocycles. The maximum absolute atomic E-state index is 14.2. The molecule has 3 heterocycles. The van der Waals surface area contributed by atoms with Crippen molar-refractivity contribution in [1.82, 2.24) is 20.1 Å². The SMILES string of the molecule is O=C(c1cc(-c2cn[nH]c2)nc2ccccc12)N1CC[C@@H](c2ccccc2F)C1. The first kappa shape index (κ1) is 17.6. The minimum Gasteiger partial charge on any atom is -0.338 e. The van der Waals surface area contributed by atoms with Crippen molar-refractivity contribution >= 4 is 16.8 Å². The Morgan fingerprint density at radius 3 is 2.79 bits per heavy atom. The summed E-state index contributed by atoms with van der Waals surface area (Å²) in [4.78, 5) is 19.9. The van der Waals surface area contributed by atoms with Gasteiger partial charge >= 0.3 is 0 Å². The van der Waals surface area contributed by atoms with E-state index in [1.54, 1.807) is 18.5 Å². The van der Waals surface area contributed by atoms with Crippen LogP contribution in [-0.4, -0.2) is 39.1 Å². The number of carbonyl (C=O) groups is 1. The molecule has 1 atom stereocenters. The van der Waals surface area contributed by atoms with E-state index in [4.69, 9.17) is 0 Å². The minimum absolute atomic E-state index is 0.0154. The zero-order valence-electron chi connectivity index (χ0n) is 15.7. The number of carbonyl (C=O) groups excluding carboxylic acids is 1. The molecule has 1 aliphatic rings. The Kier molecular flexibility index (Phi) is 4.31. The molecule has 0 saturated carbocycles. The first-order valence-electron chi connectivity index (χ1n) is 9.63. The van der Waals surface area contributed by atoms with Crippen LogP contribution < -0.4 is 0 Å². The van der Waals surface area contributed by atoms with Gasteiger partial charge in [-0.3, -0.25) is 9.89 Å². The molecular formula is C23H19FN4O. The molecular weight excluding hydrogens is 367 g/mol. The third kappa shape index (κ3) is 3.16. The van der Waals surface area contributed by atoms with E-state index in [-0.39, 0.29) is 17.6 Å². The smallest absolute Gasteiger partial charge is 0.254 e. The van der Waals surface area contributed by atoms with E-state index in [9.17, 15) is 9.18 Å². The van der Waals surface area contributed by atoms with Gasteiger partial charge in [-0.2, -0.15) is 5.10 Å². The number of hydrogen-bond donors (Lipinski definition) is 1. The largest absolute Gasteiger partial charge is 0.338 e. The van der Waals surface area contributed by atoms with Crippen LogP contribution in [0.25, 0.3) is 22.2 Å². The number of benzene rings is 2. The van der Waals surface area contributed by atoms with Crippen LogP contribution in [0.1, 0.15) is 28.3 Å². The number of fused-ring (bicyclic) bond motifs is 1. The number of halogens is 1. The summed E-state index contributed by atoms with van der Waals surface area (Å²) in [5.41, 5.74) is 3.59. The van der Waals surface area contributed by atoms with Crippen LogP contribution in [-0.2, 0) is 0 Å². The first-order valence-corrected chi connectivity index (χ1v) is 9.63. The lowest BCUT2D eigenvalue weighted by atomic mass is 9.98. The van der Waals surface area contributed by atoms with Crippen LogP contribution in [0.15, 0.2) is 67.0 Å². The number of para-hydroxylation sites is 1. The summed E-state index contributed by atoms with van der Waals surface area (Å²) in [6.07, 6.45) is 4.20. The second-order valence-electron chi connectivity index (χ2n) is 7.32. The Labute approximate surface area is 167 Å². The summed E-state index contributed by atoms with van der Waals surface area (Å²) < 4.78 is 14.2.